The highest BCUT2D eigenvalue weighted by atomic mass is 35.5. The van der Waals surface area contributed by atoms with Crippen molar-refractivity contribution in [1.82, 2.24) is 10.2 Å². The van der Waals surface area contributed by atoms with Crippen molar-refractivity contribution in [2.45, 2.75) is 45.7 Å². The van der Waals surface area contributed by atoms with Crippen LogP contribution in [-0.4, -0.2) is 35.9 Å². The number of hydrogen-bond acceptors (Lipinski definition) is 3. The Morgan fingerprint density at radius 1 is 0.973 bits per heavy atom. The molecule has 1 atom stereocenters. The molecular formula is C29H31Cl3N2O3. The monoisotopic (exact) mass is 560 g/mol. The van der Waals surface area contributed by atoms with Gasteiger partial charge in [0.25, 0.3) is 5.91 Å². The van der Waals surface area contributed by atoms with Gasteiger partial charge in [-0.2, -0.15) is 0 Å². The number of hydrogen-bond donors (Lipinski definition) is 1. The van der Waals surface area contributed by atoms with Crippen LogP contribution in [-0.2, 0) is 22.6 Å². The Hall–Kier alpha value is -2.73. The van der Waals surface area contributed by atoms with Crippen LogP contribution in [0, 0.1) is 6.92 Å². The van der Waals surface area contributed by atoms with Crippen molar-refractivity contribution in [1.29, 1.82) is 0 Å². The third kappa shape index (κ3) is 8.67. The predicted molar refractivity (Wildman–Crippen MR) is 151 cm³/mol. The van der Waals surface area contributed by atoms with E-state index in [1.807, 2.05) is 37.3 Å². The molecule has 5 nitrogen and oxygen atoms in total. The number of rotatable bonds is 12. The Morgan fingerprint density at radius 3 is 2.41 bits per heavy atom. The lowest BCUT2D eigenvalue weighted by Crippen LogP contribution is -2.51. The van der Waals surface area contributed by atoms with Gasteiger partial charge in [-0.25, -0.2) is 0 Å². The molecule has 2 amide bonds. The fraction of sp³-hybridized carbons (Fsp3) is 0.310. The van der Waals surface area contributed by atoms with Crippen LogP contribution in [0.2, 0.25) is 15.1 Å². The molecule has 0 saturated heterocycles. The van der Waals surface area contributed by atoms with Crippen molar-refractivity contribution in [3.8, 4) is 5.75 Å². The van der Waals surface area contributed by atoms with Crippen molar-refractivity contribution in [3.63, 3.8) is 0 Å². The minimum atomic E-state index is -0.769. The van der Waals surface area contributed by atoms with E-state index in [-0.39, 0.29) is 25.0 Å². The van der Waals surface area contributed by atoms with E-state index < -0.39 is 6.04 Å². The van der Waals surface area contributed by atoms with Gasteiger partial charge in [0.1, 0.15) is 11.8 Å². The van der Waals surface area contributed by atoms with Gasteiger partial charge in [0.2, 0.25) is 5.91 Å². The third-order valence-electron chi connectivity index (χ3n) is 5.95. The molecule has 0 aliphatic heterocycles. The predicted octanol–water partition coefficient (Wildman–Crippen LogP) is 6.89. The zero-order chi connectivity index (χ0) is 26.8. The van der Waals surface area contributed by atoms with Crippen LogP contribution in [0.1, 0.15) is 36.5 Å². The second-order valence-corrected chi connectivity index (χ2v) is 10.1. The number of nitrogens with one attached hydrogen (secondary N) is 1. The van der Waals surface area contributed by atoms with E-state index in [4.69, 9.17) is 39.5 Å². The van der Waals surface area contributed by atoms with E-state index >= 15 is 0 Å². The van der Waals surface area contributed by atoms with Gasteiger partial charge in [-0.05, 0) is 60.4 Å². The smallest absolute Gasteiger partial charge is 0.261 e. The summed E-state index contributed by atoms with van der Waals surface area (Å²) in [6.07, 6.45) is 2.14. The highest BCUT2D eigenvalue weighted by Gasteiger charge is 2.31. The zero-order valence-electron chi connectivity index (χ0n) is 21.0. The molecule has 0 fully saturated rings. The van der Waals surface area contributed by atoms with Crippen molar-refractivity contribution < 1.29 is 14.3 Å². The van der Waals surface area contributed by atoms with Crippen LogP contribution in [0.25, 0.3) is 0 Å². The van der Waals surface area contributed by atoms with Gasteiger partial charge in [-0.15, -0.1) is 0 Å². The molecule has 0 aromatic heterocycles. The Kier molecular flexibility index (Phi) is 11.1. The number of benzene rings is 3. The average molecular weight is 562 g/mol. The van der Waals surface area contributed by atoms with E-state index in [9.17, 15) is 9.59 Å². The topological polar surface area (TPSA) is 58.6 Å². The first-order valence-corrected chi connectivity index (χ1v) is 13.4. The number of nitrogens with zero attached hydrogens (tertiary/aromatic N) is 1. The average Bonchev–Trinajstić information content (AvgIpc) is 2.88. The van der Waals surface area contributed by atoms with Gasteiger partial charge in [-0.3, -0.25) is 9.59 Å². The summed E-state index contributed by atoms with van der Waals surface area (Å²) in [4.78, 5) is 28.6. The van der Waals surface area contributed by atoms with Crippen LogP contribution in [0.3, 0.4) is 0 Å². The summed E-state index contributed by atoms with van der Waals surface area (Å²) in [6.45, 7) is 4.32. The fourth-order valence-corrected chi connectivity index (χ4v) is 4.41. The van der Waals surface area contributed by atoms with Crippen molar-refractivity contribution in [2.75, 3.05) is 13.2 Å². The SMILES string of the molecule is CCCCNC(=O)[C@@H](Cc1ccccc1)N(Cc1ccc(Cl)cc1Cl)C(=O)COc1ccc(Cl)c(C)c1. The lowest BCUT2D eigenvalue weighted by molar-refractivity contribution is -0.142. The molecule has 3 aromatic rings. The molecule has 0 spiro atoms. The second-order valence-electron chi connectivity index (χ2n) is 8.81. The maximum Gasteiger partial charge on any atom is 0.261 e. The minimum absolute atomic E-state index is 0.122. The third-order valence-corrected chi connectivity index (χ3v) is 6.96. The number of unbranched alkanes of at least 4 members (excludes halogenated alkanes) is 1. The summed E-state index contributed by atoms with van der Waals surface area (Å²) < 4.78 is 5.81. The fourth-order valence-electron chi connectivity index (χ4n) is 3.83. The number of ether oxygens (including phenoxy) is 1. The van der Waals surface area contributed by atoms with Crippen LogP contribution in [0.4, 0.5) is 0 Å². The highest BCUT2D eigenvalue weighted by molar-refractivity contribution is 6.35. The van der Waals surface area contributed by atoms with Crippen LogP contribution >= 0.6 is 34.8 Å². The summed E-state index contributed by atoms with van der Waals surface area (Å²) in [5, 5.41) is 4.52. The molecule has 0 bridgehead atoms. The van der Waals surface area contributed by atoms with E-state index in [1.54, 1.807) is 36.4 Å². The summed E-state index contributed by atoms with van der Waals surface area (Å²) >= 11 is 18.7. The van der Waals surface area contributed by atoms with Gasteiger partial charge < -0.3 is 15.0 Å². The molecular weight excluding hydrogens is 531 g/mol. The Morgan fingerprint density at radius 2 is 1.73 bits per heavy atom. The van der Waals surface area contributed by atoms with Crippen LogP contribution < -0.4 is 10.1 Å². The molecule has 37 heavy (non-hydrogen) atoms. The highest BCUT2D eigenvalue weighted by Crippen LogP contribution is 2.25. The number of halogens is 3. The summed E-state index contributed by atoms with van der Waals surface area (Å²) in [5.41, 5.74) is 2.46. The lowest BCUT2D eigenvalue weighted by Gasteiger charge is -2.31. The molecule has 0 heterocycles. The Balaban J connectivity index is 1.92. The van der Waals surface area contributed by atoms with Crippen molar-refractivity contribution in [3.05, 3.63) is 98.5 Å². The second kappa shape index (κ2) is 14.3. The Bertz CT molecular complexity index is 1200. The van der Waals surface area contributed by atoms with E-state index in [2.05, 4.69) is 12.2 Å². The standard InChI is InChI=1S/C29H31Cl3N2O3/c1-3-4-14-33-29(36)27(16-21-8-6-5-7-9-21)34(18-22-10-11-23(30)17-26(22)32)28(35)19-37-24-12-13-25(31)20(2)15-24/h5-13,15,17,27H,3-4,14,16,18-19H2,1-2H3,(H,33,36)/t27-/m1/s1. The number of carbonyl (C=O) groups is 2. The summed E-state index contributed by atoms with van der Waals surface area (Å²) in [7, 11) is 0. The summed E-state index contributed by atoms with van der Waals surface area (Å²) in [5.74, 6) is -0.0463. The Labute approximate surface area is 233 Å². The van der Waals surface area contributed by atoms with E-state index in [0.29, 0.717) is 39.3 Å². The lowest BCUT2D eigenvalue weighted by atomic mass is 10.0. The first-order valence-electron chi connectivity index (χ1n) is 12.2. The molecule has 3 aromatic carbocycles. The summed E-state index contributed by atoms with van der Waals surface area (Å²) in [6, 6.07) is 19.2. The molecule has 0 aliphatic rings. The number of aryl methyl sites for hydroxylation is 1. The van der Waals surface area contributed by atoms with Gasteiger partial charge in [0, 0.05) is 34.6 Å². The first kappa shape index (κ1) is 28.8. The molecule has 3 rings (SSSR count). The largest absolute Gasteiger partial charge is 0.484 e. The van der Waals surface area contributed by atoms with Gasteiger partial charge in [0.15, 0.2) is 6.61 Å². The zero-order valence-corrected chi connectivity index (χ0v) is 23.2. The van der Waals surface area contributed by atoms with E-state index in [0.717, 1.165) is 24.0 Å². The maximum atomic E-state index is 13.6. The van der Waals surface area contributed by atoms with Gasteiger partial charge >= 0.3 is 0 Å². The molecule has 196 valence electrons. The maximum absolute atomic E-state index is 13.6. The first-order chi connectivity index (χ1) is 17.8. The molecule has 8 heteroatoms. The van der Waals surface area contributed by atoms with Crippen molar-refractivity contribution in [2.24, 2.45) is 0 Å². The molecule has 0 aliphatic carbocycles. The van der Waals surface area contributed by atoms with Crippen LogP contribution in [0.15, 0.2) is 66.7 Å². The number of amides is 2. The van der Waals surface area contributed by atoms with E-state index in [1.165, 1.54) is 4.90 Å². The minimum Gasteiger partial charge on any atom is -0.484 e. The molecule has 0 radical (unpaired) electrons. The molecule has 1 N–H and O–H groups in total. The molecule has 0 saturated carbocycles. The normalized spacial score (nSPS) is 11.6. The van der Waals surface area contributed by atoms with Gasteiger partial charge in [-0.1, -0.05) is 84.5 Å². The molecule has 0 unspecified atom stereocenters. The quantitative estimate of drug-likeness (QED) is 0.245. The van der Waals surface area contributed by atoms with Crippen LogP contribution in [0.5, 0.6) is 5.75 Å². The van der Waals surface area contributed by atoms with Crippen molar-refractivity contribution >= 4 is 46.6 Å². The number of carbonyl (C=O) groups excluding carboxylic acids is 2. The van der Waals surface area contributed by atoms with Gasteiger partial charge in [0.05, 0.1) is 0 Å².